The second kappa shape index (κ2) is 6.14. The van der Waals surface area contributed by atoms with E-state index in [-0.39, 0.29) is 0 Å². The standard InChI is InChI=1S/C16H18N4OS2/c1-20-6-5-11-12(9-20)23-15-13(11)14(18-16(19-15)22-2)17-8-10-4-3-7-21-10/h3-4,7H,5-6,8-9H2,1-2H3,(H,17,18,19)/p+1. The Kier molecular flexibility index (Phi) is 4.00. The molecule has 1 unspecified atom stereocenters. The van der Waals surface area contributed by atoms with Crippen LogP contribution in [0.15, 0.2) is 28.0 Å². The number of aromatic nitrogens is 2. The quantitative estimate of drug-likeness (QED) is 0.560. The maximum absolute atomic E-state index is 5.42. The first-order valence-corrected chi connectivity index (χ1v) is 9.72. The fraction of sp³-hybridized carbons (Fsp3) is 0.375. The summed E-state index contributed by atoms with van der Waals surface area (Å²) in [5.74, 6) is 1.85. The Morgan fingerprint density at radius 3 is 3.13 bits per heavy atom. The Bertz CT molecular complexity index is 828. The van der Waals surface area contributed by atoms with Gasteiger partial charge >= 0.3 is 0 Å². The smallest absolute Gasteiger partial charge is 0.190 e. The average Bonchev–Trinajstić information content (AvgIpc) is 3.18. The zero-order valence-corrected chi connectivity index (χ0v) is 14.8. The van der Waals surface area contributed by atoms with Crippen molar-refractivity contribution >= 4 is 39.1 Å². The molecule has 0 fully saturated rings. The van der Waals surface area contributed by atoms with Crippen LogP contribution in [0.5, 0.6) is 0 Å². The summed E-state index contributed by atoms with van der Waals surface area (Å²) in [6, 6.07) is 3.88. The highest BCUT2D eigenvalue weighted by Crippen LogP contribution is 2.36. The van der Waals surface area contributed by atoms with E-state index >= 15 is 0 Å². The first kappa shape index (κ1) is 15.0. The Morgan fingerprint density at radius 2 is 2.35 bits per heavy atom. The lowest BCUT2D eigenvalue weighted by atomic mass is 10.1. The van der Waals surface area contributed by atoms with Gasteiger partial charge in [-0.25, -0.2) is 9.97 Å². The maximum atomic E-state index is 5.42. The van der Waals surface area contributed by atoms with E-state index in [2.05, 4.69) is 12.4 Å². The van der Waals surface area contributed by atoms with Gasteiger partial charge in [-0.15, -0.1) is 11.3 Å². The number of fused-ring (bicyclic) bond motifs is 3. The molecule has 3 aromatic rings. The summed E-state index contributed by atoms with van der Waals surface area (Å²) in [6.45, 7) is 2.89. The molecule has 0 aliphatic carbocycles. The van der Waals surface area contributed by atoms with Crippen LogP contribution in [0.2, 0.25) is 0 Å². The number of nitrogens with one attached hydrogen (secondary N) is 2. The summed E-state index contributed by atoms with van der Waals surface area (Å²) in [7, 11) is 2.25. The van der Waals surface area contributed by atoms with Crippen LogP contribution in [0.4, 0.5) is 5.82 Å². The van der Waals surface area contributed by atoms with Crippen molar-refractivity contribution in [1.82, 2.24) is 9.97 Å². The molecule has 23 heavy (non-hydrogen) atoms. The number of thioether (sulfide) groups is 1. The molecule has 0 saturated heterocycles. The van der Waals surface area contributed by atoms with Gasteiger partial charge in [-0.05, 0) is 24.0 Å². The van der Waals surface area contributed by atoms with Crippen molar-refractivity contribution in [2.24, 2.45) is 0 Å². The first-order valence-electron chi connectivity index (χ1n) is 7.68. The maximum Gasteiger partial charge on any atom is 0.190 e. The number of nitrogens with zero attached hydrogens (tertiary/aromatic N) is 2. The van der Waals surface area contributed by atoms with Gasteiger partial charge in [0.25, 0.3) is 0 Å². The molecule has 7 heteroatoms. The Hall–Kier alpha value is -1.57. The zero-order chi connectivity index (χ0) is 15.8. The molecule has 5 nitrogen and oxygen atoms in total. The molecule has 1 aliphatic heterocycles. The number of hydrogen-bond donors (Lipinski definition) is 2. The van der Waals surface area contributed by atoms with Gasteiger partial charge in [0.1, 0.15) is 23.0 Å². The molecule has 120 valence electrons. The normalized spacial score (nSPS) is 17.4. The number of thiophene rings is 1. The highest BCUT2D eigenvalue weighted by Gasteiger charge is 2.25. The Morgan fingerprint density at radius 1 is 1.43 bits per heavy atom. The minimum Gasteiger partial charge on any atom is -0.467 e. The molecule has 1 aliphatic rings. The molecule has 0 saturated carbocycles. The number of furan rings is 1. The van der Waals surface area contributed by atoms with Gasteiger partial charge in [0.15, 0.2) is 5.16 Å². The van der Waals surface area contributed by atoms with Gasteiger partial charge in [-0.2, -0.15) is 0 Å². The summed E-state index contributed by atoms with van der Waals surface area (Å²) in [6.07, 6.45) is 4.81. The summed E-state index contributed by atoms with van der Waals surface area (Å²) in [5, 5.41) is 5.48. The number of quaternary nitrogens is 1. The molecule has 4 rings (SSSR count). The van der Waals surface area contributed by atoms with E-state index in [1.807, 2.05) is 29.7 Å². The predicted octanol–water partition coefficient (Wildman–Crippen LogP) is 2.19. The lowest BCUT2D eigenvalue weighted by Gasteiger charge is -2.19. The topological polar surface area (TPSA) is 55.4 Å². The van der Waals surface area contributed by atoms with Gasteiger partial charge in [0.05, 0.1) is 36.7 Å². The van der Waals surface area contributed by atoms with E-state index in [1.54, 1.807) is 22.9 Å². The first-order chi connectivity index (χ1) is 11.2. The monoisotopic (exact) mass is 347 g/mol. The lowest BCUT2D eigenvalue weighted by Crippen LogP contribution is -3.08. The molecular formula is C16H19N4OS2+. The van der Waals surface area contributed by atoms with Crippen LogP contribution in [0.25, 0.3) is 10.2 Å². The fourth-order valence-electron chi connectivity index (χ4n) is 3.00. The van der Waals surface area contributed by atoms with Crippen molar-refractivity contribution in [2.45, 2.75) is 24.7 Å². The molecule has 0 radical (unpaired) electrons. The third-order valence-corrected chi connectivity index (χ3v) is 5.84. The molecule has 0 aromatic carbocycles. The highest BCUT2D eigenvalue weighted by molar-refractivity contribution is 7.98. The summed E-state index contributed by atoms with van der Waals surface area (Å²) < 4.78 is 5.42. The minimum absolute atomic E-state index is 0.642. The molecule has 4 heterocycles. The van der Waals surface area contributed by atoms with Gasteiger partial charge in [0, 0.05) is 6.42 Å². The summed E-state index contributed by atoms with van der Waals surface area (Å²) in [5.41, 5.74) is 1.44. The van der Waals surface area contributed by atoms with Crippen molar-refractivity contribution in [2.75, 3.05) is 25.2 Å². The second-order valence-corrected chi connectivity index (χ2v) is 7.67. The van der Waals surface area contributed by atoms with Crippen LogP contribution >= 0.6 is 23.1 Å². The van der Waals surface area contributed by atoms with Crippen LogP contribution in [0.1, 0.15) is 16.2 Å². The van der Waals surface area contributed by atoms with Crippen molar-refractivity contribution in [3.63, 3.8) is 0 Å². The van der Waals surface area contributed by atoms with E-state index in [4.69, 9.17) is 14.4 Å². The van der Waals surface area contributed by atoms with Crippen LogP contribution in [0, 0.1) is 0 Å². The van der Waals surface area contributed by atoms with Gasteiger partial charge in [0.2, 0.25) is 0 Å². The van der Waals surface area contributed by atoms with Crippen LogP contribution in [-0.4, -0.2) is 29.8 Å². The Labute approximate surface area is 143 Å². The van der Waals surface area contributed by atoms with E-state index in [1.165, 1.54) is 22.4 Å². The SMILES string of the molecule is CSc1nc(NCc2ccco2)c2c3c(sc2n1)C[NH+](C)CC3. The lowest BCUT2D eigenvalue weighted by molar-refractivity contribution is -0.895. The van der Waals surface area contributed by atoms with E-state index in [0.717, 1.165) is 34.5 Å². The number of anilines is 1. The summed E-state index contributed by atoms with van der Waals surface area (Å²) in [4.78, 5) is 13.6. The van der Waals surface area contributed by atoms with Gasteiger partial charge in [-0.3, -0.25) is 0 Å². The molecule has 2 N–H and O–H groups in total. The average molecular weight is 347 g/mol. The molecule has 0 bridgehead atoms. The predicted molar refractivity (Wildman–Crippen MR) is 94.4 cm³/mol. The van der Waals surface area contributed by atoms with E-state index in [0.29, 0.717) is 6.54 Å². The number of rotatable bonds is 4. The van der Waals surface area contributed by atoms with Crippen molar-refractivity contribution in [3.8, 4) is 0 Å². The second-order valence-electron chi connectivity index (χ2n) is 5.81. The van der Waals surface area contributed by atoms with E-state index in [9.17, 15) is 0 Å². The molecular weight excluding hydrogens is 328 g/mol. The fourth-order valence-corrected chi connectivity index (χ4v) is 4.75. The number of hydrogen-bond acceptors (Lipinski definition) is 6. The van der Waals surface area contributed by atoms with Crippen molar-refractivity contribution in [3.05, 3.63) is 34.6 Å². The van der Waals surface area contributed by atoms with E-state index < -0.39 is 0 Å². The third kappa shape index (κ3) is 2.84. The van der Waals surface area contributed by atoms with Crippen LogP contribution < -0.4 is 10.2 Å². The Balaban J connectivity index is 1.77. The summed E-state index contributed by atoms with van der Waals surface area (Å²) >= 11 is 3.41. The largest absolute Gasteiger partial charge is 0.467 e. The van der Waals surface area contributed by atoms with Gasteiger partial charge < -0.3 is 14.6 Å². The van der Waals surface area contributed by atoms with Crippen LogP contribution in [-0.2, 0) is 19.5 Å². The minimum atomic E-state index is 0.642. The number of likely N-dealkylation sites (N-methyl/N-ethyl adjacent to an activating group) is 1. The molecule has 0 amide bonds. The highest BCUT2D eigenvalue weighted by atomic mass is 32.2. The molecule has 3 aromatic heterocycles. The van der Waals surface area contributed by atoms with Crippen molar-refractivity contribution < 1.29 is 9.32 Å². The molecule has 1 atom stereocenters. The van der Waals surface area contributed by atoms with Crippen LogP contribution in [0.3, 0.4) is 0 Å². The third-order valence-electron chi connectivity index (χ3n) is 4.17. The molecule has 0 spiro atoms. The zero-order valence-electron chi connectivity index (χ0n) is 13.2. The van der Waals surface area contributed by atoms with Crippen molar-refractivity contribution in [1.29, 1.82) is 0 Å². The van der Waals surface area contributed by atoms with Gasteiger partial charge in [-0.1, -0.05) is 11.8 Å².